The predicted octanol–water partition coefficient (Wildman–Crippen LogP) is 1.15. The van der Waals surface area contributed by atoms with Crippen molar-refractivity contribution in [3.8, 4) is 0 Å². The van der Waals surface area contributed by atoms with Gasteiger partial charge < -0.3 is 10.0 Å². The molecular weight excluding hydrogens is 186 g/mol. The lowest BCUT2D eigenvalue weighted by Crippen LogP contribution is -2.24. The molecule has 3 nitrogen and oxygen atoms in total. The van der Waals surface area contributed by atoms with E-state index in [1.807, 2.05) is 11.8 Å². The summed E-state index contributed by atoms with van der Waals surface area (Å²) in [6, 6.07) is 0. The van der Waals surface area contributed by atoms with E-state index in [1.165, 1.54) is 12.2 Å². The van der Waals surface area contributed by atoms with Crippen molar-refractivity contribution in [1.82, 2.24) is 4.90 Å². The molecule has 1 atom stereocenters. The third-order valence-corrected chi connectivity index (χ3v) is 3.14. The van der Waals surface area contributed by atoms with E-state index in [9.17, 15) is 4.79 Å². The molecule has 1 N–H and O–H groups in total. The van der Waals surface area contributed by atoms with Crippen LogP contribution in [-0.4, -0.2) is 47.6 Å². The summed E-state index contributed by atoms with van der Waals surface area (Å²) in [5.74, 6) is 0.426. The summed E-state index contributed by atoms with van der Waals surface area (Å²) in [7, 11) is 0. The fourth-order valence-corrected chi connectivity index (χ4v) is 2.09. The molecule has 76 valence electrons. The third-order valence-electron chi connectivity index (χ3n) is 2.44. The first-order valence-electron chi connectivity index (χ1n) is 4.68. The van der Waals surface area contributed by atoms with Crippen LogP contribution in [0.4, 0.5) is 0 Å². The minimum absolute atomic E-state index is 0.116. The van der Waals surface area contributed by atoms with Crippen LogP contribution in [-0.2, 0) is 4.79 Å². The van der Waals surface area contributed by atoms with E-state index in [0.29, 0.717) is 0 Å². The zero-order chi connectivity index (χ0) is 9.68. The lowest BCUT2D eigenvalue weighted by Gasteiger charge is -2.13. The smallest absolute Gasteiger partial charge is 0.307 e. The van der Waals surface area contributed by atoms with E-state index in [-0.39, 0.29) is 5.92 Å². The summed E-state index contributed by atoms with van der Waals surface area (Å²) in [6.45, 7) is 2.78. The van der Waals surface area contributed by atoms with Crippen LogP contribution in [0.1, 0.15) is 12.8 Å². The van der Waals surface area contributed by atoms with Gasteiger partial charge in [-0.2, -0.15) is 11.8 Å². The van der Waals surface area contributed by atoms with E-state index in [1.54, 1.807) is 0 Å². The van der Waals surface area contributed by atoms with Crippen molar-refractivity contribution >= 4 is 17.7 Å². The Morgan fingerprint density at radius 2 is 2.46 bits per heavy atom. The van der Waals surface area contributed by atoms with Gasteiger partial charge in [-0.3, -0.25) is 4.79 Å². The number of hydrogen-bond acceptors (Lipinski definition) is 3. The molecule has 1 fully saturated rings. The fraction of sp³-hybridized carbons (Fsp3) is 0.889. The van der Waals surface area contributed by atoms with E-state index < -0.39 is 5.97 Å². The predicted molar refractivity (Wildman–Crippen MR) is 55.2 cm³/mol. The Bertz CT molecular complexity index is 175. The maximum Gasteiger partial charge on any atom is 0.307 e. The number of thioether (sulfide) groups is 1. The Hall–Kier alpha value is -0.220. The van der Waals surface area contributed by atoms with Crippen LogP contribution in [0, 0.1) is 5.92 Å². The van der Waals surface area contributed by atoms with Gasteiger partial charge in [0.2, 0.25) is 0 Å². The number of carbonyl (C=O) groups is 1. The minimum atomic E-state index is -0.632. The van der Waals surface area contributed by atoms with Crippen LogP contribution in [0.3, 0.4) is 0 Å². The molecule has 0 aromatic rings. The van der Waals surface area contributed by atoms with Crippen molar-refractivity contribution < 1.29 is 9.90 Å². The molecule has 0 bridgehead atoms. The van der Waals surface area contributed by atoms with Crippen LogP contribution in [0.5, 0.6) is 0 Å². The van der Waals surface area contributed by atoms with Crippen LogP contribution >= 0.6 is 11.8 Å². The first-order chi connectivity index (χ1) is 6.24. The maximum absolute atomic E-state index is 10.6. The molecule has 0 amide bonds. The maximum atomic E-state index is 10.6. The highest BCUT2D eigenvalue weighted by molar-refractivity contribution is 7.98. The molecule has 1 unspecified atom stereocenters. The van der Waals surface area contributed by atoms with Crippen molar-refractivity contribution in [1.29, 1.82) is 0 Å². The molecule has 1 heterocycles. The van der Waals surface area contributed by atoms with Crippen molar-refractivity contribution in [2.45, 2.75) is 12.8 Å². The van der Waals surface area contributed by atoms with Crippen LogP contribution < -0.4 is 0 Å². The van der Waals surface area contributed by atoms with E-state index in [2.05, 4.69) is 11.2 Å². The van der Waals surface area contributed by atoms with Gasteiger partial charge in [0.1, 0.15) is 0 Å². The SMILES string of the molecule is CSCCCN1CCC(C(=O)O)C1. The van der Waals surface area contributed by atoms with Gasteiger partial charge >= 0.3 is 5.97 Å². The molecule has 13 heavy (non-hydrogen) atoms. The summed E-state index contributed by atoms with van der Waals surface area (Å²) >= 11 is 1.85. The molecule has 0 spiro atoms. The first kappa shape index (κ1) is 10.9. The highest BCUT2D eigenvalue weighted by Crippen LogP contribution is 2.16. The molecule has 0 aromatic heterocycles. The van der Waals surface area contributed by atoms with Gasteiger partial charge in [0, 0.05) is 6.54 Å². The molecule has 0 aromatic carbocycles. The van der Waals surface area contributed by atoms with Crippen molar-refractivity contribution in [2.24, 2.45) is 5.92 Å². The van der Waals surface area contributed by atoms with Crippen molar-refractivity contribution in [3.05, 3.63) is 0 Å². The number of rotatable bonds is 5. The zero-order valence-corrected chi connectivity index (χ0v) is 8.85. The van der Waals surface area contributed by atoms with Gasteiger partial charge in [0.05, 0.1) is 5.92 Å². The number of hydrogen-bond donors (Lipinski definition) is 1. The van der Waals surface area contributed by atoms with Crippen LogP contribution in [0.25, 0.3) is 0 Å². The average Bonchev–Trinajstić information content (AvgIpc) is 2.53. The largest absolute Gasteiger partial charge is 0.481 e. The number of carboxylic acids is 1. The third kappa shape index (κ3) is 3.56. The molecule has 1 rings (SSSR count). The molecule has 1 saturated heterocycles. The van der Waals surface area contributed by atoms with E-state index in [4.69, 9.17) is 5.11 Å². The van der Waals surface area contributed by atoms with Crippen LogP contribution in [0.15, 0.2) is 0 Å². The number of likely N-dealkylation sites (tertiary alicyclic amines) is 1. The Morgan fingerprint density at radius 1 is 1.69 bits per heavy atom. The van der Waals surface area contributed by atoms with Crippen molar-refractivity contribution in [3.63, 3.8) is 0 Å². The molecule has 1 aliphatic rings. The highest BCUT2D eigenvalue weighted by Gasteiger charge is 2.27. The quantitative estimate of drug-likeness (QED) is 0.680. The lowest BCUT2D eigenvalue weighted by molar-refractivity contribution is -0.141. The molecule has 0 aliphatic carbocycles. The standard InChI is InChI=1S/C9H17NO2S/c1-13-6-2-4-10-5-3-8(7-10)9(11)12/h8H,2-7H2,1H3,(H,11,12). The summed E-state index contributed by atoms with van der Waals surface area (Å²) in [6.07, 6.45) is 4.10. The van der Waals surface area contributed by atoms with Gasteiger partial charge in [0.15, 0.2) is 0 Å². The highest BCUT2D eigenvalue weighted by atomic mass is 32.2. The Balaban J connectivity index is 2.14. The van der Waals surface area contributed by atoms with Crippen molar-refractivity contribution in [2.75, 3.05) is 31.6 Å². The topological polar surface area (TPSA) is 40.5 Å². The summed E-state index contributed by atoms with van der Waals surface area (Å²) in [5, 5.41) is 8.77. The Morgan fingerprint density at radius 3 is 3.00 bits per heavy atom. The molecular formula is C9H17NO2S. The van der Waals surface area contributed by atoms with Gasteiger partial charge in [-0.15, -0.1) is 0 Å². The molecule has 1 aliphatic heterocycles. The zero-order valence-electron chi connectivity index (χ0n) is 8.03. The summed E-state index contributed by atoms with van der Waals surface area (Å²) < 4.78 is 0. The number of nitrogens with zero attached hydrogens (tertiary/aromatic N) is 1. The second-order valence-electron chi connectivity index (χ2n) is 3.47. The summed E-state index contributed by atoms with van der Waals surface area (Å²) in [4.78, 5) is 12.9. The fourth-order valence-electron chi connectivity index (χ4n) is 1.67. The second kappa shape index (κ2) is 5.50. The van der Waals surface area contributed by atoms with E-state index in [0.717, 1.165) is 26.1 Å². The van der Waals surface area contributed by atoms with Gasteiger partial charge in [-0.05, 0) is 37.9 Å². The Labute approximate surface area is 83.5 Å². The lowest BCUT2D eigenvalue weighted by atomic mass is 10.1. The molecule has 0 radical (unpaired) electrons. The number of carboxylic acid groups (broad SMARTS) is 1. The molecule has 4 heteroatoms. The van der Waals surface area contributed by atoms with Gasteiger partial charge in [-0.1, -0.05) is 0 Å². The monoisotopic (exact) mass is 203 g/mol. The van der Waals surface area contributed by atoms with Crippen LogP contribution in [0.2, 0.25) is 0 Å². The second-order valence-corrected chi connectivity index (χ2v) is 4.46. The van der Waals surface area contributed by atoms with E-state index >= 15 is 0 Å². The van der Waals surface area contributed by atoms with Gasteiger partial charge in [-0.25, -0.2) is 0 Å². The normalized spacial score (nSPS) is 23.6. The molecule has 0 saturated carbocycles. The first-order valence-corrected chi connectivity index (χ1v) is 6.07. The van der Waals surface area contributed by atoms with Gasteiger partial charge in [0.25, 0.3) is 0 Å². The summed E-state index contributed by atoms with van der Waals surface area (Å²) in [5.41, 5.74) is 0. The number of aliphatic carboxylic acids is 1. The average molecular weight is 203 g/mol. The Kier molecular flexibility index (Phi) is 4.59. The minimum Gasteiger partial charge on any atom is -0.481 e.